The number of hydrogen-bond donors (Lipinski definition) is 2. The Hall–Kier alpha value is -0.730. The first-order chi connectivity index (χ1) is 5.20. The molecule has 11 heavy (non-hydrogen) atoms. The summed E-state index contributed by atoms with van der Waals surface area (Å²) < 4.78 is 0. The third kappa shape index (κ3) is 1.08. The molecule has 0 atom stereocenters. The lowest BCUT2D eigenvalue weighted by Gasteiger charge is -2.54. The molecule has 2 fully saturated rings. The lowest BCUT2D eigenvalue weighted by atomic mass is 9.54. The number of urea groups is 1. The van der Waals surface area contributed by atoms with Crippen LogP contribution in [0.1, 0.15) is 32.1 Å². The normalized spacial score (nSPS) is 27.3. The van der Waals surface area contributed by atoms with Crippen molar-refractivity contribution >= 4 is 6.03 Å². The van der Waals surface area contributed by atoms with E-state index in [1.807, 2.05) is 0 Å². The predicted molar refractivity (Wildman–Crippen MR) is 42.0 cm³/mol. The molecule has 1 spiro atoms. The van der Waals surface area contributed by atoms with Crippen LogP contribution in [0.5, 0.6) is 0 Å². The van der Waals surface area contributed by atoms with Crippen molar-refractivity contribution in [1.82, 2.24) is 5.32 Å². The highest BCUT2D eigenvalue weighted by molar-refractivity contribution is 5.72. The van der Waals surface area contributed by atoms with E-state index in [1.54, 1.807) is 0 Å². The molecular weight excluding hydrogens is 140 g/mol. The molecule has 0 aromatic rings. The summed E-state index contributed by atoms with van der Waals surface area (Å²) in [5.74, 6) is 0. The van der Waals surface area contributed by atoms with Crippen LogP contribution in [0.4, 0.5) is 4.79 Å². The fraction of sp³-hybridized carbons (Fsp3) is 0.875. The monoisotopic (exact) mass is 154 g/mol. The lowest BCUT2D eigenvalue weighted by molar-refractivity contribution is 0.00267. The number of carbonyl (C=O) groups is 1. The standard InChI is InChI=1S/C8H14N2O/c9-7(11)10-6-4-8(5-6)2-1-3-8/h6H,1-5H2,(H3,9,10,11). The van der Waals surface area contributed by atoms with Gasteiger partial charge in [0, 0.05) is 6.04 Å². The van der Waals surface area contributed by atoms with Gasteiger partial charge in [-0.15, -0.1) is 0 Å². The minimum absolute atomic E-state index is 0.371. The third-order valence-electron chi connectivity index (χ3n) is 3.12. The largest absolute Gasteiger partial charge is 0.352 e. The van der Waals surface area contributed by atoms with Crippen LogP contribution in [0.25, 0.3) is 0 Å². The van der Waals surface area contributed by atoms with Gasteiger partial charge in [0.25, 0.3) is 0 Å². The van der Waals surface area contributed by atoms with Gasteiger partial charge < -0.3 is 11.1 Å². The Morgan fingerprint density at radius 2 is 2.09 bits per heavy atom. The summed E-state index contributed by atoms with van der Waals surface area (Å²) in [6.45, 7) is 0. The summed E-state index contributed by atoms with van der Waals surface area (Å²) in [4.78, 5) is 10.4. The number of nitrogens with one attached hydrogen (secondary N) is 1. The van der Waals surface area contributed by atoms with Crippen LogP contribution < -0.4 is 11.1 Å². The SMILES string of the molecule is NC(=O)NC1CC2(CCC2)C1. The molecule has 2 aliphatic carbocycles. The summed E-state index contributed by atoms with van der Waals surface area (Å²) in [7, 11) is 0. The van der Waals surface area contributed by atoms with Crippen LogP contribution in [0.3, 0.4) is 0 Å². The maximum absolute atomic E-state index is 10.4. The summed E-state index contributed by atoms with van der Waals surface area (Å²) in [6.07, 6.45) is 6.43. The van der Waals surface area contributed by atoms with E-state index in [-0.39, 0.29) is 6.03 Å². The van der Waals surface area contributed by atoms with Gasteiger partial charge in [0.05, 0.1) is 0 Å². The second-order valence-corrected chi connectivity index (χ2v) is 3.97. The Labute approximate surface area is 66.3 Å². The van der Waals surface area contributed by atoms with Gasteiger partial charge in [-0.1, -0.05) is 6.42 Å². The maximum Gasteiger partial charge on any atom is 0.312 e. The zero-order valence-corrected chi connectivity index (χ0v) is 6.60. The molecule has 2 rings (SSSR count). The Kier molecular flexibility index (Phi) is 1.34. The van der Waals surface area contributed by atoms with E-state index >= 15 is 0 Å². The van der Waals surface area contributed by atoms with Crippen molar-refractivity contribution in [3.63, 3.8) is 0 Å². The molecule has 3 nitrogen and oxygen atoms in total. The van der Waals surface area contributed by atoms with Crippen LogP contribution in [-0.4, -0.2) is 12.1 Å². The summed E-state index contributed by atoms with van der Waals surface area (Å²) in [5.41, 5.74) is 5.63. The van der Waals surface area contributed by atoms with Crippen molar-refractivity contribution in [3.05, 3.63) is 0 Å². The summed E-state index contributed by atoms with van der Waals surface area (Å²) >= 11 is 0. The second-order valence-electron chi connectivity index (χ2n) is 3.97. The van der Waals surface area contributed by atoms with Crippen LogP contribution in [0.2, 0.25) is 0 Å². The second kappa shape index (κ2) is 2.13. The first-order valence-corrected chi connectivity index (χ1v) is 4.26. The fourth-order valence-corrected chi connectivity index (χ4v) is 2.37. The average Bonchev–Trinajstić information content (AvgIpc) is 1.71. The van der Waals surface area contributed by atoms with Crippen molar-refractivity contribution in [1.29, 1.82) is 0 Å². The molecule has 0 aliphatic heterocycles. The Morgan fingerprint density at radius 3 is 2.45 bits per heavy atom. The van der Waals surface area contributed by atoms with E-state index in [0.29, 0.717) is 11.5 Å². The van der Waals surface area contributed by atoms with E-state index in [0.717, 1.165) is 12.8 Å². The van der Waals surface area contributed by atoms with Crippen LogP contribution in [0, 0.1) is 5.41 Å². The predicted octanol–water partition coefficient (Wildman–Crippen LogP) is 0.987. The quantitative estimate of drug-likeness (QED) is 0.581. The molecule has 3 N–H and O–H groups in total. The van der Waals surface area contributed by atoms with E-state index in [2.05, 4.69) is 5.32 Å². The molecule has 2 aliphatic rings. The number of carbonyl (C=O) groups excluding carboxylic acids is 1. The van der Waals surface area contributed by atoms with Gasteiger partial charge in [0.15, 0.2) is 0 Å². The fourth-order valence-electron chi connectivity index (χ4n) is 2.37. The first kappa shape index (κ1) is 6.95. The number of primary amides is 1. The number of rotatable bonds is 1. The van der Waals surface area contributed by atoms with Crippen molar-refractivity contribution in [2.24, 2.45) is 11.1 Å². The molecule has 0 bridgehead atoms. The van der Waals surface area contributed by atoms with Gasteiger partial charge >= 0.3 is 6.03 Å². The molecule has 0 unspecified atom stereocenters. The van der Waals surface area contributed by atoms with Crippen LogP contribution in [0.15, 0.2) is 0 Å². The molecule has 62 valence electrons. The van der Waals surface area contributed by atoms with E-state index < -0.39 is 0 Å². The molecule has 2 saturated carbocycles. The smallest absolute Gasteiger partial charge is 0.312 e. The van der Waals surface area contributed by atoms with Crippen molar-refractivity contribution in [2.45, 2.75) is 38.1 Å². The number of nitrogens with two attached hydrogens (primary N) is 1. The maximum atomic E-state index is 10.4. The molecule has 2 amide bonds. The third-order valence-corrected chi connectivity index (χ3v) is 3.12. The highest BCUT2D eigenvalue weighted by atomic mass is 16.2. The Bertz CT molecular complexity index is 179. The van der Waals surface area contributed by atoms with Gasteiger partial charge in [0.1, 0.15) is 0 Å². The topological polar surface area (TPSA) is 55.1 Å². The van der Waals surface area contributed by atoms with Crippen molar-refractivity contribution in [2.75, 3.05) is 0 Å². The molecule has 0 saturated heterocycles. The molecule has 0 aromatic heterocycles. The lowest BCUT2D eigenvalue weighted by Crippen LogP contribution is -2.54. The van der Waals surface area contributed by atoms with Gasteiger partial charge in [-0.3, -0.25) is 0 Å². The molecule has 3 heteroatoms. The molecule has 0 aromatic carbocycles. The van der Waals surface area contributed by atoms with Gasteiger partial charge in [0.2, 0.25) is 0 Å². The highest BCUT2D eigenvalue weighted by Gasteiger charge is 2.48. The molecule has 0 heterocycles. The van der Waals surface area contributed by atoms with Crippen LogP contribution in [-0.2, 0) is 0 Å². The van der Waals surface area contributed by atoms with Gasteiger partial charge in [-0.05, 0) is 31.1 Å². The van der Waals surface area contributed by atoms with Gasteiger partial charge in [-0.25, -0.2) is 4.79 Å². The average molecular weight is 154 g/mol. The minimum atomic E-state index is -0.371. The zero-order valence-electron chi connectivity index (χ0n) is 6.60. The number of amides is 2. The zero-order chi connectivity index (χ0) is 7.90. The molecule has 0 radical (unpaired) electrons. The van der Waals surface area contributed by atoms with Crippen LogP contribution >= 0.6 is 0 Å². The Balaban J connectivity index is 1.75. The van der Waals surface area contributed by atoms with Gasteiger partial charge in [-0.2, -0.15) is 0 Å². The highest BCUT2D eigenvalue weighted by Crippen LogP contribution is 2.55. The van der Waals surface area contributed by atoms with Crippen molar-refractivity contribution < 1.29 is 4.79 Å². The van der Waals surface area contributed by atoms with E-state index in [4.69, 9.17) is 5.73 Å². The van der Waals surface area contributed by atoms with Crippen molar-refractivity contribution in [3.8, 4) is 0 Å². The summed E-state index contributed by atoms with van der Waals surface area (Å²) in [6, 6.07) is 0.0111. The summed E-state index contributed by atoms with van der Waals surface area (Å²) in [5, 5.41) is 2.74. The van der Waals surface area contributed by atoms with E-state index in [1.165, 1.54) is 19.3 Å². The number of hydrogen-bond acceptors (Lipinski definition) is 1. The Morgan fingerprint density at radius 1 is 1.45 bits per heavy atom. The van der Waals surface area contributed by atoms with E-state index in [9.17, 15) is 4.79 Å². The first-order valence-electron chi connectivity index (χ1n) is 4.26. The minimum Gasteiger partial charge on any atom is -0.352 e. The molecular formula is C8H14N2O.